The molecule has 0 aromatic heterocycles. The molecule has 1 heterocycles. The normalized spacial score (nSPS) is 22.2. The van der Waals surface area contributed by atoms with Gasteiger partial charge in [0, 0.05) is 18.7 Å². The van der Waals surface area contributed by atoms with Crippen molar-refractivity contribution >= 4 is 5.78 Å². The van der Waals surface area contributed by atoms with Crippen LogP contribution < -0.4 is 0 Å². The van der Waals surface area contributed by atoms with Crippen LogP contribution in [0, 0.1) is 6.92 Å². The molecule has 1 aliphatic rings. The minimum Gasteiger partial charge on any atom is -0.376 e. The summed E-state index contributed by atoms with van der Waals surface area (Å²) >= 11 is 0. The molecule has 1 aliphatic heterocycles. The Bertz CT molecular complexity index is 427. The molecule has 0 spiro atoms. The molecule has 3 nitrogen and oxygen atoms in total. The number of morpholine rings is 1. The summed E-state index contributed by atoms with van der Waals surface area (Å²) in [7, 11) is 0. The zero-order chi connectivity index (χ0) is 13.8. The third kappa shape index (κ3) is 3.43. The van der Waals surface area contributed by atoms with Crippen molar-refractivity contribution < 1.29 is 9.53 Å². The number of carbonyl (C=O) groups is 1. The number of aryl methyl sites for hydroxylation is 1. The van der Waals surface area contributed by atoms with Gasteiger partial charge in [-0.05, 0) is 20.3 Å². The van der Waals surface area contributed by atoms with Crippen LogP contribution in [-0.2, 0) is 4.74 Å². The lowest BCUT2D eigenvalue weighted by Gasteiger charge is -2.35. The van der Waals surface area contributed by atoms with Crippen LogP contribution in [0.4, 0.5) is 0 Å². The number of ketones is 1. The Morgan fingerprint density at radius 2 is 2.11 bits per heavy atom. The number of hydrogen-bond donors (Lipinski definition) is 0. The highest BCUT2D eigenvalue weighted by Gasteiger charge is 2.27. The molecule has 1 fully saturated rings. The average molecular weight is 261 g/mol. The van der Waals surface area contributed by atoms with Crippen molar-refractivity contribution in [2.45, 2.75) is 39.3 Å². The number of nitrogens with zero attached hydrogens (tertiary/aromatic N) is 1. The Hall–Kier alpha value is -1.19. The van der Waals surface area contributed by atoms with Gasteiger partial charge in [-0.25, -0.2) is 0 Å². The first-order chi connectivity index (χ1) is 9.11. The molecule has 19 heavy (non-hydrogen) atoms. The summed E-state index contributed by atoms with van der Waals surface area (Å²) in [5, 5.41) is 0. The first kappa shape index (κ1) is 14.2. The van der Waals surface area contributed by atoms with Crippen LogP contribution in [0.15, 0.2) is 24.3 Å². The van der Waals surface area contributed by atoms with E-state index >= 15 is 0 Å². The van der Waals surface area contributed by atoms with Crippen LogP contribution in [0.3, 0.4) is 0 Å². The Kier molecular flexibility index (Phi) is 4.72. The van der Waals surface area contributed by atoms with Crippen molar-refractivity contribution in [3.05, 3.63) is 35.4 Å². The topological polar surface area (TPSA) is 29.5 Å². The highest BCUT2D eigenvalue weighted by Crippen LogP contribution is 2.15. The molecule has 0 radical (unpaired) electrons. The van der Waals surface area contributed by atoms with Gasteiger partial charge in [-0.3, -0.25) is 9.69 Å². The fourth-order valence-corrected chi connectivity index (χ4v) is 2.47. The molecule has 2 rings (SSSR count). The minimum atomic E-state index is -0.0688. The summed E-state index contributed by atoms with van der Waals surface area (Å²) < 4.78 is 5.66. The van der Waals surface area contributed by atoms with Crippen molar-refractivity contribution in [2.24, 2.45) is 0 Å². The van der Waals surface area contributed by atoms with Crippen LogP contribution in [0.2, 0.25) is 0 Å². The molecule has 2 atom stereocenters. The van der Waals surface area contributed by atoms with Gasteiger partial charge < -0.3 is 4.74 Å². The van der Waals surface area contributed by atoms with Gasteiger partial charge in [-0.15, -0.1) is 0 Å². The zero-order valence-electron chi connectivity index (χ0n) is 12.1. The Morgan fingerprint density at radius 1 is 1.42 bits per heavy atom. The molecule has 0 saturated carbocycles. The molecule has 0 aliphatic carbocycles. The smallest absolute Gasteiger partial charge is 0.179 e. The molecule has 0 N–H and O–H groups in total. The summed E-state index contributed by atoms with van der Waals surface area (Å²) in [6.07, 6.45) is 1.27. The third-order valence-electron chi connectivity index (χ3n) is 3.89. The molecular formula is C16H23NO2. The van der Waals surface area contributed by atoms with Gasteiger partial charge in [0.2, 0.25) is 0 Å². The van der Waals surface area contributed by atoms with Gasteiger partial charge >= 0.3 is 0 Å². The first-order valence-corrected chi connectivity index (χ1v) is 7.08. The van der Waals surface area contributed by atoms with Crippen molar-refractivity contribution in [3.8, 4) is 0 Å². The van der Waals surface area contributed by atoms with Crippen molar-refractivity contribution in [2.75, 3.05) is 19.7 Å². The first-order valence-electron chi connectivity index (χ1n) is 7.08. The van der Waals surface area contributed by atoms with E-state index in [9.17, 15) is 4.79 Å². The number of carbonyl (C=O) groups excluding carboxylic acids is 1. The lowest BCUT2D eigenvalue weighted by molar-refractivity contribution is -0.0382. The van der Waals surface area contributed by atoms with E-state index in [0.717, 1.165) is 31.7 Å². The molecule has 0 amide bonds. The van der Waals surface area contributed by atoms with Crippen LogP contribution in [0.5, 0.6) is 0 Å². The second-order valence-corrected chi connectivity index (χ2v) is 5.30. The fourth-order valence-electron chi connectivity index (χ4n) is 2.47. The second-order valence-electron chi connectivity index (χ2n) is 5.30. The van der Waals surface area contributed by atoms with Crippen molar-refractivity contribution in [1.29, 1.82) is 0 Å². The summed E-state index contributed by atoms with van der Waals surface area (Å²) in [5.41, 5.74) is 1.99. The van der Waals surface area contributed by atoms with Crippen LogP contribution >= 0.6 is 0 Å². The monoisotopic (exact) mass is 261 g/mol. The quantitative estimate of drug-likeness (QED) is 0.780. The number of Topliss-reactive ketones (excluding diaryl/α,β-unsaturated/α-hetero) is 1. The van der Waals surface area contributed by atoms with E-state index < -0.39 is 0 Å². The Morgan fingerprint density at radius 3 is 2.74 bits per heavy atom. The maximum absolute atomic E-state index is 12.5. The fraction of sp³-hybridized carbons (Fsp3) is 0.562. The van der Waals surface area contributed by atoms with Gasteiger partial charge in [0.25, 0.3) is 0 Å². The summed E-state index contributed by atoms with van der Waals surface area (Å²) in [6.45, 7) is 8.58. The van der Waals surface area contributed by atoms with E-state index in [1.165, 1.54) is 5.56 Å². The SMILES string of the molecule is CCC1CN(C(C)C(=O)c2ccc(C)cc2)CCO1. The lowest BCUT2D eigenvalue weighted by Crippen LogP contribution is -2.49. The summed E-state index contributed by atoms with van der Waals surface area (Å²) in [6, 6.07) is 7.76. The van der Waals surface area contributed by atoms with E-state index in [4.69, 9.17) is 4.74 Å². The average Bonchev–Trinajstić information content (AvgIpc) is 2.46. The molecule has 1 aromatic rings. The van der Waals surface area contributed by atoms with Gasteiger partial charge in [0.05, 0.1) is 18.8 Å². The standard InChI is InChI=1S/C16H23NO2/c1-4-15-11-17(9-10-19-15)13(3)16(18)14-7-5-12(2)6-8-14/h5-8,13,15H,4,9-11H2,1-3H3. The van der Waals surface area contributed by atoms with E-state index in [0.29, 0.717) is 0 Å². The Labute approximate surface area is 115 Å². The molecule has 3 heteroatoms. The lowest BCUT2D eigenvalue weighted by atomic mass is 10.0. The highest BCUT2D eigenvalue weighted by molar-refractivity contribution is 5.99. The van der Waals surface area contributed by atoms with Gasteiger partial charge in [-0.1, -0.05) is 36.8 Å². The highest BCUT2D eigenvalue weighted by atomic mass is 16.5. The zero-order valence-corrected chi connectivity index (χ0v) is 12.1. The molecule has 104 valence electrons. The van der Waals surface area contributed by atoms with Crippen molar-refractivity contribution in [3.63, 3.8) is 0 Å². The number of rotatable bonds is 4. The van der Waals surface area contributed by atoms with Gasteiger partial charge in [0.15, 0.2) is 5.78 Å². The molecule has 0 bridgehead atoms. The van der Waals surface area contributed by atoms with Gasteiger partial charge in [0.1, 0.15) is 0 Å². The van der Waals surface area contributed by atoms with E-state index in [2.05, 4.69) is 11.8 Å². The largest absolute Gasteiger partial charge is 0.376 e. The predicted molar refractivity (Wildman–Crippen MR) is 76.6 cm³/mol. The van der Waals surface area contributed by atoms with Gasteiger partial charge in [-0.2, -0.15) is 0 Å². The predicted octanol–water partition coefficient (Wildman–Crippen LogP) is 2.68. The van der Waals surface area contributed by atoms with E-state index in [1.54, 1.807) is 0 Å². The third-order valence-corrected chi connectivity index (χ3v) is 3.89. The minimum absolute atomic E-state index is 0.0688. The van der Waals surface area contributed by atoms with Crippen LogP contribution in [0.1, 0.15) is 36.2 Å². The van der Waals surface area contributed by atoms with Crippen LogP contribution in [-0.4, -0.2) is 42.5 Å². The molecule has 2 unspecified atom stereocenters. The van der Waals surface area contributed by atoms with Crippen molar-refractivity contribution in [1.82, 2.24) is 4.90 Å². The van der Waals surface area contributed by atoms with E-state index in [-0.39, 0.29) is 17.9 Å². The maximum atomic E-state index is 12.5. The molecule has 1 saturated heterocycles. The number of benzene rings is 1. The molecular weight excluding hydrogens is 238 g/mol. The van der Waals surface area contributed by atoms with Crippen LogP contribution in [0.25, 0.3) is 0 Å². The van der Waals surface area contributed by atoms with E-state index in [1.807, 2.05) is 38.1 Å². The summed E-state index contributed by atoms with van der Waals surface area (Å²) in [5.74, 6) is 0.205. The number of ether oxygens (including phenoxy) is 1. The maximum Gasteiger partial charge on any atom is 0.179 e. The summed E-state index contributed by atoms with van der Waals surface area (Å²) in [4.78, 5) is 14.7. The second kappa shape index (κ2) is 6.31. The number of hydrogen-bond acceptors (Lipinski definition) is 3. The Balaban J connectivity index is 2.04. The molecule has 1 aromatic carbocycles.